The predicted octanol–water partition coefficient (Wildman–Crippen LogP) is 7.51. The normalized spacial score (nSPS) is 15.8. The third kappa shape index (κ3) is 5.30. The fraction of sp³-hybridized carbons (Fsp3) is 0.103. The zero-order valence-corrected chi connectivity index (χ0v) is 19.2. The Hall–Kier alpha value is -4.39. The van der Waals surface area contributed by atoms with Crippen molar-refractivity contribution in [3.63, 3.8) is 0 Å². The lowest BCUT2D eigenvalue weighted by atomic mass is 9.98. The van der Waals surface area contributed by atoms with Gasteiger partial charge in [0, 0.05) is 6.42 Å². The van der Waals surface area contributed by atoms with E-state index in [-0.39, 0.29) is 6.04 Å². The van der Waals surface area contributed by atoms with E-state index in [4.69, 9.17) is 5.10 Å². The molecule has 180 valence electrons. The maximum Gasteiger partial charge on any atom is 0.416 e. The molecule has 1 heterocycles. The van der Waals surface area contributed by atoms with Crippen LogP contribution in [0, 0.1) is 0 Å². The number of hydrogen-bond donors (Lipinski definition) is 1. The molecule has 1 unspecified atom stereocenters. The number of nitrogens with one attached hydrogen (secondary N) is 1. The second-order valence-corrected chi connectivity index (χ2v) is 8.42. The highest BCUT2D eigenvalue weighted by atomic mass is 19.4. The van der Waals surface area contributed by atoms with E-state index in [0.29, 0.717) is 5.69 Å². The van der Waals surface area contributed by atoms with Crippen LogP contribution >= 0.6 is 0 Å². The molecule has 1 N–H and O–H groups in total. The first-order chi connectivity index (χ1) is 17.5. The molecule has 0 aromatic heterocycles. The van der Waals surface area contributed by atoms with Crippen molar-refractivity contribution in [1.29, 1.82) is 0 Å². The summed E-state index contributed by atoms with van der Waals surface area (Å²) in [6.07, 6.45) is -1.93. The van der Waals surface area contributed by atoms with E-state index >= 15 is 0 Å². The third-order valence-electron chi connectivity index (χ3n) is 5.98. The van der Waals surface area contributed by atoms with Gasteiger partial charge in [-0.05, 0) is 53.1 Å². The molecule has 0 saturated heterocycles. The van der Waals surface area contributed by atoms with Crippen LogP contribution in [0.2, 0.25) is 0 Å². The minimum absolute atomic E-state index is 0.0854. The van der Waals surface area contributed by atoms with Gasteiger partial charge < -0.3 is 0 Å². The molecule has 36 heavy (non-hydrogen) atoms. The van der Waals surface area contributed by atoms with Crippen molar-refractivity contribution in [1.82, 2.24) is 0 Å². The Morgan fingerprint density at radius 3 is 2.08 bits per heavy atom. The molecule has 0 bridgehead atoms. The van der Waals surface area contributed by atoms with E-state index in [1.807, 2.05) is 60.7 Å². The summed E-state index contributed by atoms with van der Waals surface area (Å²) in [5, 5.41) is 11.2. The Morgan fingerprint density at radius 2 is 1.44 bits per heavy atom. The molecule has 0 saturated carbocycles. The highest BCUT2D eigenvalue weighted by Crippen LogP contribution is 2.36. The van der Waals surface area contributed by atoms with Crippen molar-refractivity contribution < 1.29 is 13.2 Å². The van der Waals surface area contributed by atoms with Gasteiger partial charge in [-0.1, -0.05) is 72.8 Å². The quantitative estimate of drug-likeness (QED) is 0.227. The second kappa shape index (κ2) is 10.1. The third-order valence-corrected chi connectivity index (χ3v) is 5.98. The number of halogens is 3. The Labute approximate surface area is 207 Å². The number of benzene rings is 4. The first-order valence-electron chi connectivity index (χ1n) is 11.5. The molecule has 4 aromatic rings. The van der Waals surface area contributed by atoms with Gasteiger partial charge in [0.15, 0.2) is 0 Å². The molecule has 4 nitrogen and oxygen atoms in total. The molecule has 1 atom stereocenters. The molecule has 0 spiro atoms. The second-order valence-electron chi connectivity index (χ2n) is 8.42. The number of rotatable bonds is 6. The Balaban J connectivity index is 1.32. The van der Waals surface area contributed by atoms with Gasteiger partial charge in [-0.3, -0.25) is 10.4 Å². The Kier molecular flexibility index (Phi) is 6.54. The zero-order valence-electron chi connectivity index (χ0n) is 19.2. The van der Waals surface area contributed by atoms with E-state index < -0.39 is 11.7 Å². The van der Waals surface area contributed by atoms with Crippen LogP contribution in [0.3, 0.4) is 0 Å². The zero-order chi connectivity index (χ0) is 25.0. The minimum atomic E-state index is -4.36. The largest absolute Gasteiger partial charge is 0.416 e. The number of alkyl halides is 3. The molecule has 0 radical (unpaired) electrons. The lowest BCUT2D eigenvalue weighted by Crippen LogP contribution is -2.18. The average molecular weight is 485 g/mol. The number of hydrogen-bond acceptors (Lipinski definition) is 4. The van der Waals surface area contributed by atoms with Crippen LogP contribution < -0.4 is 10.4 Å². The molecule has 1 aliphatic rings. The molecule has 0 amide bonds. The lowest BCUT2D eigenvalue weighted by molar-refractivity contribution is -0.137. The topological polar surface area (TPSA) is 40.0 Å². The van der Waals surface area contributed by atoms with Crippen molar-refractivity contribution in [3.8, 4) is 0 Å². The molecular formula is C29H23F3N4. The highest BCUT2D eigenvalue weighted by Gasteiger charge is 2.30. The molecule has 0 aliphatic carbocycles. The summed E-state index contributed by atoms with van der Waals surface area (Å²) < 4.78 is 38.1. The van der Waals surface area contributed by atoms with E-state index in [1.165, 1.54) is 17.7 Å². The van der Waals surface area contributed by atoms with E-state index in [2.05, 4.69) is 39.8 Å². The van der Waals surface area contributed by atoms with Crippen LogP contribution in [-0.4, -0.2) is 11.9 Å². The van der Waals surface area contributed by atoms with Gasteiger partial charge >= 0.3 is 6.18 Å². The number of anilines is 2. The van der Waals surface area contributed by atoms with Crippen molar-refractivity contribution in [2.45, 2.75) is 18.6 Å². The van der Waals surface area contributed by atoms with E-state index in [0.717, 1.165) is 41.1 Å². The Morgan fingerprint density at radius 1 is 0.806 bits per heavy atom. The summed E-state index contributed by atoms with van der Waals surface area (Å²) in [6.45, 7) is 0. The van der Waals surface area contributed by atoms with Gasteiger partial charge in [0.05, 0.1) is 34.9 Å². The fourth-order valence-electron chi connectivity index (χ4n) is 4.12. The summed E-state index contributed by atoms with van der Waals surface area (Å²) >= 11 is 0. The summed E-state index contributed by atoms with van der Waals surface area (Å²) in [7, 11) is 0. The minimum Gasteiger partial charge on any atom is -0.279 e. The summed E-state index contributed by atoms with van der Waals surface area (Å²) in [5.74, 6) is 0. The van der Waals surface area contributed by atoms with Crippen molar-refractivity contribution in [3.05, 3.63) is 131 Å². The number of hydrazone groups is 2. The van der Waals surface area contributed by atoms with Gasteiger partial charge in [-0.15, -0.1) is 0 Å². The van der Waals surface area contributed by atoms with Crippen molar-refractivity contribution >= 4 is 23.3 Å². The van der Waals surface area contributed by atoms with Gasteiger partial charge in [0.1, 0.15) is 0 Å². The maximum atomic E-state index is 12.7. The number of nitrogens with zero attached hydrogens (tertiary/aromatic N) is 3. The summed E-state index contributed by atoms with van der Waals surface area (Å²) in [4.78, 5) is 0. The van der Waals surface area contributed by atoms with E-state index in [1.54, 1.807) is 6.21 Å². The Bertz CT molecular complexity index is 1350. The predicted molar refractivity (Wildman–Crippen MR) is 138 cm³/mol. The van der Waals surface area contributed by atoms with Crippen molar-refractivity contribution in [2.24, 2.45) is 10.2 Å². The molecule has 1 aliphatic heterocycles. The van der Waals surface area contributed by atoms with Crippen LogP contribution in [0.15, 0.2) is 119 Å². The summed E-state index contributed by atoms with van der Waals surface area (Å²) in [5.41, 5.74) is 7.69. The highest BCUT2D eigenvalue weighted by molar-refractivity contribution is 6.03. The van der Waals surface area contributed by atoms with Crippen LogP contribution in [0.4, 0.5) is 24.5 Å². The smallest absolute Gasteiger partial charge is 0.279 e. The van der Waals surface area contributed by atoms with Crippen molar-refractivity contribution in [2.75, 3.05) is 10.4 Å². The van der Waals surface area contributed by atoms with Gasteiger partial charge in [-0.2, -0.15) is 23.4 Å². The molecular weight excluding hydrogens is 461 g/mol. The van der Waals surface area contributed by atoms with Crippen LogP contribution in [0.25, 0.3) is 0 Å². The standard InChI is InChI=1S/C29H23F3N4/c30-29(31,32)24-13-15-25(16-14-24)34-33-20-21-11-17-26(18-12-21)36-28(23-9-5-2-6-10-23)19-27(35-36)22-7-3-1-4-8-22/h1-18,20,28,34H,19H2. The summed E-state index contributed by atoms with van der Waals surface area (Å²) in [6, 6.07) is 33.2. The van der Waals surface area contributed by atoms with Crippen LogP contribution in [0.1, 0.15) is 34.7 Å². The SMILES string of the molecule is FC(F)(F)c1ccc(NN=Cc2ccc(N3N=C(c4ccccc4)CC3c3ccccc3)cc2)cc1. The van der Waals surface area contributed by atoms with Gasteiger partial charge in [0.2, 0.25) is 0 Å². The van der Waals surface area contributed by atoms with E-state index in [9.17, 15) is 13.2 Å². The molecule has 7 heteroatoms. The van der Waals surface area contributed by atoms with Crippen LogP contribution in [0.5, 0.6) is 0 Å². The van der Waals surface area contributed by atoms with Gasteiger partial charge in [0.25, 0.3) is 0 Å². The molecule has 5 rings (SSSR count). The van der Waals surface area contributed by atoms with Gasteiger partial charge in [-0.25, -0.2) is 0 Å². The lowest BCUT2D eigenvalue weighted by Gasteiger charge is -2.24. The van der Waals surface area contributed by atoms with Crippen LogP contribution in [-0.2, 0) is 6.18 Å². The molecule has 4 aromatic carbocycles. The fourth-order valence-corrected chi connectivity index (χ4v) is 4.12. The average Bonchev–Trinajstić information content (AvgIpc) is 3.36. The monoisotopic (exact) mass is 484 g/mol. The first kappa shape index (κ1) is 23.4. The maximum absolute atomic E-state index is 12.7. The molecule has 0 fully saturated rings. The first-order valence-corrected chi connectivity index (χ1v) is 11.5.